The molecule has 9 heteroatoms. The number of carbonyl (C=O) groups excluding carboxylic acids is 1. The summed E-state index contributed by atoms with van der Waals surface area (Å²) in [7, 11) is 0. The van der Waals surface area contributed by atoms with Crippen LogP contribution < -0.4 is 4.74 Å². The van der Waals surface area contributed by atoms with Crippen LogP contribution in [0.15, 0.2) is 122 Å². The molecule has 178 valence electrons. The van der Waals surface area contributed by atoms with E-state index in [0.717, 1.165) is 11.3 Å². The average Bonchev–Trinajstić information content (AvgIpc) is 2.91. The van der Waals surface area contributed by atoms with Crippen LogP contribution in [0.25, 0.3) is 0 Å². The fourth-order valence-electron chi connectivity index (χ4n) is 3.00. The van der Waals surface area contributed by atoms with E-state index in [0.29, 0.717) is 40.5 Å². The van der Waals surface area contributed by atoms with Gasteiger partial charge in [0.15, 0.2) is 6.29 Å². The first-order valence-corrected chi connectivity index (χ1v) is 11.0. The van der Waals surface area contributed by atoms with Crippen molar-refractivity contribution in [1.82, 2.24) is 0 Å². The maximum absolute atomic E-state index is 10.4. The minimum Gasteiger partial charge on any atom is -0.508 e. The van der Waals surface area contributed by atoms with Gasteiger partial charge in [0.05, 0.1) is 34.1 Å². The second-order valence-corrected chi connectivity index (χ2v) is 7.58. The zero-order chi connectivity index (χ0) is 25.2. The number of benzene rings is 4. The molecule has 0 fully saturated rings. The molecule has 0 spiro atoms. The zero-order valence-corrected chi connectivity index (χ0v) is 19.4. The molecule has 0 aliphatic carbocycles. The Balaban J connectivity index is 1.36. The molecule has 4 rings (SSSR count). The molecule has 0 amide bonds. The third-order valence-corrected chi connectivity index (χ3v) is 4.87. The number of phenolic OH excluding ortho intramolecular Hbond substituents is 1. The highest BCUT2D eigenvalue weighted by Crippen LogP contribution is 2.29. The molecule has 0 unspecified atom stereocenters. The Morgan fingerprint density at radius 3 is 1.61 bits per heavy atom. The summed E-state index contributed by atoms with van der Waals surface area (Å²) >= 11 is 0. The first-order chi connectivity index (χ1) is 17.6. The van der Waals surface area contributed by atoms with Gasteiger partial charge in [0, 0.05) is 0 Å². The smallest absolute Gasteiger partial charge is 0.157 e. The molecule has 36 heavy (non-hydrogen) atoms. The Morgan fingerprint density at radius 2 is 1.08 bits per heavy atom. The van der Waals surface area contributed by atoms with Crippen molar-refractivity contribution in [2.45, 2.75) is 6.92 Å². The summed E-state index contributed by atoms with van der Waals surface area (Å²) in [5, 5.41) is 34.8. The lowest BCUT2D eigenvalue weighted by molar-refractivity contribution is -0.109. The number of ether oxygens (including phenoxy) is 1. The first-order valence-electron chi connectivity index (χ1n) is 11.0. The summed E-state index contributed by atoms with van der Waals surface area (Å²) in [6, 6.07) is 26.2. The van der Waals surface area contributed by atoms with Crippen LogP contribution in [0, 0.1) is 6.92 Å². The van der Waals surface area contributed by atoms with Crippen molar-refractivity contribution in [3.05, 3.63) is 96.6 Å². The third kappa shape index (κ3) is 6.97. The molecular formula is C27H22N6O3. The van der Waals surface area contributed by atoms with Gasteiger partial charge >= 0.3 is 0 Å². The molecule has 0 aliphatic heterocycles. The Hall–Kier alpha value is -5.05. The Bertz CT molecular complexity index is 1400. The molecule has 4 aromatic rings. The Labute approximate surface area is 207 Å². The summed E-state index contributed by atoms with van der Waals surface area (Å²) in [4.78, 5) is 10.4. The number of carbonyl (C=O) groups is 1. The van der Waals surface area contributed by atoms with Crippen molar-refractivity contribution in [2.24, 2.45) is 30.7 Å². The van der Waals surface area contributed by atoms with Gasteiger partial charge in [0.1, 0.15) is 18.1 Å². The van der Waals surface area contributed by atoms with Gasteiger partial charge in [-0.05, 0) is 103 Å². The maximum atomic E-state index is 10.4. The highest BCUT2D eigenvalue weighted by atomic mass is 16.5. The van der Waals surface area contributed by atoms with E-state index in [-0.39, 0.29) is 12.4 Å². The molecule has 0 saturated heterocycles. The fraction of sp³-hybridized carbons (Fsp3) is 0.0741. The molecule has 0 saturated carbocycles. The van der Waals surface area contributed by atoms with Crippen LogP contribution in [0.1, 0.15) is 5.56 Å². The number of hydrogen-bond acceptors (Lipinski definition) is 9. The molecule has 0 radical (unpaired) electrons. The van der Waals surface area contributed by atoms with Gasteiger partial charge in [-0.3, -0.25) is 4.79 Å². The number of nitrogens with zero attached hydrogens (tertiary/aromatic N) is 6. The molecule has 4 aromatic carbocycles. The van der Waals surface area contributed by atoms with Gasteiger partial charge in [0.2, 0.25) is 0 Å². The number of aldehydes is 1. The monoisotopic (exact) mass is 478 g/mol. The number of aryl methyl sites for hydroxylation is 1. The van der Waals surface area contributed by atoms with Crippen molar-refractivity contribution in [3.63, 3.8) is 0 Å². The normalized spacial score (nSPS) is 11.5. The van der Waals surface area contributed by atoms with Crippen molar-refractivity contribution in [3.8, 4) is 11.5 Å². The van der Waals surface area contributed by atoms with Gasteiger partial charge < -0.3 is 9.84 Å². The van der Waals surface area contributed by atoms with E-state index >= 15 is 0 Å². The second-order valence-electron chi connectivity index (χ2n) is 7.58. The lowest BCUT2D eigenvalue weighted by Crippen LogP contribution is -1.96. The zero-order valence-electron chi connectivity index (χ0n) is 19.4. The van der Waals surface area contributed by atoms with Crippen molar-refractivity contribution in [2.75, 3.05) is 6.61 Å². The first kappa shape index (κ1) is 24.1. The van der Waals surface area contributed by atoms with E-state index in [2.05, 4.69) is 30.7 Å². The lowest BCUT2D eigenvalue weighted by Gasteiger charge is -2.02. The molecule has 9 nitrogen and oxygen atoms in total. The fourth-order valence-corrected chi connectivity index (χ4v) is 3.00. The largest absolute Gasteiger partial charge is 0.508 e. The van der Waals surface area contributed by atoms with Gasteiger partial charge in [-0.2, -0.15) is 30.7 Å². The summed E-state index contributed by atoms with van der Waals surface area (Å²) in [5.74, 6) is 0.781. The minimum atomic E-state index is 0.0171. The van der Waals surface area contributed by atoms with E-state index < -0.39 is 0 Å². The summed E-state index contributed by atoms with van der Waals surface area (Å²) in [6.07, 6.45) is 0.699. The molecule has 0 atom stereocenters. The van der Waals surface area contributed by atoms with Crippen LogP contribution in [-0.2, 0) is 4.79 Å². The summed E-state index contributed by atoms with van der Waals surface area (Å²) in [6.45, 7) is 1.95. The van der Waals surface area contributed by atoms with Gasteiger partial charge in [0.25, 0.3) is 0 Å². The van der Waals surface area contributed by atoms with Crippen LogP contribution in [0.4, 0.5) is 34.1 Å². The van der Waals surface area contributed by atoms with E-state index in [4.69, 9.17) is 4.74 Å². The van der Waals surface area contributed by atoms with Gasteiger partial charge in [-0.25, -0.2) is 0 Å². The molecule has 0 aliphatic rings. The molecule has 0 aromatic heterocycles. The predicted octanol–water partition coefficient (Wildman–Crippen LogP) is 8.52. The maximum Gasteiger partial charge on any atom is 0.157 e. The molecule has 0 heterocycles. The number of aromatic hydroxyl groups is 1. The van der Waals surface area contributed by atoms with Crippen LogP contribution in [0.3, 0.4) is 0 Å². The van der Waals surface area contributed by atoms with Crippen molar-refractivity contribution >= 4 is 40.4 Å². The second kappa shape index (κ2) is 11.9. The molecular weight excluding hydrogens is 456 g/mol. The summed E-state index contributed by atoms with van der Waals surface area (Å²) < 4.78 is 5.22. The lowest BCUT2D eigenvalue weighted by atomic mass is 10.2. The highest BCUT2D eigenvalue weighted by molar-refractivity contribution is 5.55. The number of rotatable bonds is 9. The topological polar surface area (TPSA) is 121 Å². The van der Waals surface area contributed by atoms with Gasteiger partial charge in [-0.15, -0.1) is 0 Å². The van der Waals surface area contributed by atoms with Crippen LogP contribution in [0.2, 0.25) is 0 Å². The number of azo groups is 3. The van der Waals surface area contributed by atoms with Crippen LogP contribution in [-0.4, -0.2) is 18.0 Å². The van der Waals surface area contributed by atoms with Gasteiger partial charge in [-0.1, -0.05) is 0 Å². The number of phenols is 1. The quantitative estimate of drug-likeness (QED) is 0.192. The predicted molar refractivity (Wildman–Crippen MR) is 136 cm³/mol. The van der Waals surface area contributed by atoms with E-state index in [1.807, 2.05) is 37.3 Å². The van der Waals surface area contributed by atoms with E-state index in [9.17, 15) is 9.90 Å². The number of hydrogen-bond donors (Lipinski definition) is 1. The van der Waals surface area contributed by atoms with E-state index in [1.54, 1.807) is 60.7 Å². The van der Waals surface area contributed by atoms with E-state index in [1.165, 1.54) is 0 Å². The SMILES string of the molecule is Cc1cc(N=Nc2ccc(OCC=O)cc2)ccc1N=Nc1ccc(N=Nc2ccc(O)cc2)cc1. The standard InChI is InChI=1S/C27H22N6O3/c1-19-18-24(32-30-23-8-13-26(14-9-23)36-17-16-34)10-15-27(19)33-31-21-4-2-20(3-5-21)28-29-22-6-11-25(35)12-7-22/h2-16,18,35H,17H2,1H3. The van der Waals surface area contributed by atoms with Crippen LogP contribution in [0.5, 0.6) is 11.5 Å². The Morgan fingerprint density at radius 1 is 0.639 bits per heavy atom. The summed E-state index contributed by atoms with van der Waals surface area (Å²) in [5.41, 5.74) is 5.00. The van der Waals surface area contributed by atoms with Crippen molar-refractivity contribution in [1.29, 1.82) is 0 Å². The minimum absolute atomic E-state index is 0.0171. The van der Waals surface area contributed by atoms with Crippen LogP contribution >= 0.6 is 0 Å². The third-order valence-electron chi connectivity index (χ3n) is 4.87. The molecule has 0 bridgehead atoms. The molecule has 1 N–H and O–H groups in total. The Kier molecular flexibility index (Phi) is 7.95. The highest BCUT2D eigenvalue weighted by Gasteiger charge is 2.00. The average molecular weight is 479 g/mol. The van der Waals surface area contributed by atoms with Crippen molar-refractivity contribution < 1.29 is 14.6 Å².